The van der Waals surface area contributed by atoms with E-state index in [4.69, 9.17) is 4.84 Å². The molecule has 0 bridgehead atoms. The summed E-state index contributed by atoms with van der Waals surface area (Å²) < 4.78 is 0.934. The Morgan fingerprint density at radius 1 is 1.41 bits per heavy atom. The highest BCUT2D eigenvalue weighted by atomic mass is 127. The van der Waals surface area contributed by atoms with E-state index in [9.17, 15) is 9.59 Å². The van der Waals surface area contributed by atoms with E-state index in [0.29, 0.717) is 24.1 Å². The van der Waals surface area contributed by atoms with Gasteiger partial charge in [0.05, 0.1) is 11.3 Å². The predicted molar refractivity (Wildman–Crippen MR) is 69.8 cm³/mol. The summed E-state index contributed by atoms with van der Waals surface area (Å²) in [5.41, 5.74) is 0.943. The molecule has 2 rings (SSSR count). The fourth-order valence-electron chi connectivity index (χ4n) is 1.50. The monoisotopic (exact) mass is 343 g/mol. The molecule has 0 spiro atoms. The van der Waals surface area contributed by atoms with Crippen LogP contribution in [0.15, 0.2) is 36.5 Å². The van der Waals surface area contributed by atoms with Gasteiger partial charge in [0.1, 0.15) is 0 Å². The standard InChI is InChI=1S/C12H10INO3/c1-8-5-6-11(15)14(8)17-12(16)9-3-2-4-10(13)7-9/h2-4,7H,1,5-6H2. The van der Waals surface area contributed by atoms with Crippen molar-refractivity contribution >= 4 is 34.5 Å². The van der Waals surface area contributed by atoms with Crippen LogP contribution in [0.5, 0.6) is 0 Å². The quantitative estimate of drug-likeness (QED) is 0.776. The summed E-state index contributed by atoms with van der Waals surface area (Å²) >= 11 is 2.11. The highest BCUT2D eigenvalue weighted by molar-refractivity contribution is 14.1. The maximum absolute atomic E-state index is 11.8. The molecule has 0 N–H and O–H groups in total. The Morgan fingerprint density at radius 3 is 2.76 bits per heavy atom. The van der Waals surface area contributed by atoms with Crippen molar-refractivity contribution in [3.05, 3.63) is 45.7 Å². The number of carbonyl (C=O) groups is 2. The Bertz CT molecular complexity index is 482. The first-order chi connectivity index (χ1) is 8.08. The lowest BCUT2D eigenvalue weighted by Crippen LogP contribution is -2.26. The minimum atomic E-state index is -0.542. The second-order valence-electron chi connectivity index (χ2n) is 3.64. The molecule has 1 amide bonds. The van der Waals surface area contributed by atoms with Crippen LogP contribution in [0.4, 0.5) is 0 Å². The maximum Gasteiger partial charge on any atom is 0.363 e. The Kier molecular flexibility index (Phi) is 3.46. The zero-order valence-electron chi connectivity index (χ0n) is 8.98. The molecule has 1 saturated heterocycles. The van der Waals surface area contributed by atoms with Crippen molar-refractivity contribution < 1.29 is 14.4 Å². The van der Waals surface area contributed by atoms with Crippen LogP contribution in [0.1, 0.15) is 23.2 Å². The number of hydroxylamine groups is 2. The number of rotatable bonds is 2. The summed E-state index contributed by atoms with van der Waals surface area (Å²) in [4.78, 5) is 28.2. The lowest BCUT2D eigenvalue weighted by Gasteiger charge is -2.15. The number of carbonyl (C=O) groups excluding carboxylic acids is 2. The first kappa shape index (κ1) is 12.1. The summed E-state index contributed by atoms with van der Waals surface area (Å²) in [5.74, 6) is -0.770. The second kappa shape index (κ2) is 4.87. The van der Waals surface area contributed by atoms with Gasteiger partial charge in [-0.1, -0.05) is 12.6 Å². The lowest BCUT2D eigenvalue weighted by atomic mass is 10.2. The van der Waals surface area contributed by atoms with Gasteiger partial charge in [0.2, 0.25) is 0 Å². The molecule has 1 heterocycles. The highest BCUT2D eigenvalue weighted by Crippen LogP contribution is 2.22. The Balaban J connectivity index is 2.12. The highest BCUT2D eigenvalue weighted by Gasteiger charge is 2.28. The molecule has 0 aliphatic carbocycles. The average molecular weight is 343 g/mol. The van der Waals surface area contributed by atoms with Crippen LogP contribution >= 0.6 is 22.6 Å². The fraction of sp³-hybridized carbons (Fsp3) is 0.167. The number of hydrogen-bond donors (Lipinski definition) is 0. The SMILES string of the molecule is C=C1CCC(=O)N1OC(=O)c1cccc(I)c1. The molecule has 1 fully saturated rings. The van der Waals surface area contributed by atoms with Gasteiger partial charge in [-0.2, -0.15) is 0 Å². The van der Waals surface area contributed by atoms with Crippen LogP contribution in [0, 0.1) is 3.57 Å². The topological polar surface area (TPSA) is 46.6 Å². The smallest absolute Gasteiger partial charge is 0.328 e. The molecule has 88 valence electrons. The van der Waals surface area contributed by atoms with Crippen molar-refractivity contribution in [3.8, 4) is 0 Å². The van der Waals surface area contributed by atoms with E-state index in [1.54, 1.807) is 18.2 Å². The Hall–Kier alpha value is -1.37. The predicted octanol–water partition coefficient (Wildman–Crippen LogP) is 2.50. The van der Waals surface area contributed by atoms with Crippen LogP contribution in [-0.2, 0) is 9.63 Å². The summed E-state index contributed by atoms with van der Waals surface area (Å²) in [6.07, 6.45) is 0.886. The molecule has 1 aliphatic rings. The van der Waals surface area contributed by atoms with Crippen LogP contribution in [0.2, 0.25) is 0 Å². The first-order valence-corrected chi connectivity index (χ1v) is 6.14. The number of nitrogens with zero attached hydrogens (tertiary/aromatic N) is 1. The number of hydrogen-bond acceptors (Lipinski definition) is 3. The molecule has 1 aromatic carbocycles. The molecule has 5 heteroatoms. The molecular weight excluding hydrogens is 333 g/mol. The largest absolute Gasteiger partial charge is 0.363 e. The van der Waals surface area contributed by atoms with Gasteiger partial charge >= 0.3 is 5.97 Å². The van der Waals surface area contributed by atoms with Crippen LogP contribution in [0.25, 0.3) is 0 Å². The van der Waals surface area contributed by atoms with Gasteiger partial charge < -0.3 is 4.84 Å². The zero-order chi connectivity index (χ0) is 12.4. The van der Waals surface area contributed by atoms with Crippen molar-refractivity contribution in [2.24, 2.45) is 0 Å². The molecule has 1 aliphatic heterocycles. The third-order valence-electron chi connectivity index (χ3n) is 2.38. The van der Waals surface area contributed by atoms with Gasteiger partial charge in [0, 0.05) is 9.99 Å². The number of halogens is 1. The number of allylic oxidation sites excluding steroid dienone is 1. The van der Waals surface area contributed by atoms with Crippen molar-refractivity contribution in [2.45, 2.75) is 12.8 Å². The molecule has 0 unspecified atom stereocenters. The molecule has 0 radical (unpaired) electrons. The molecule has 0 saturated carbocycles. The number of benzene rings is 1. The van der Waals surface area contributed by atoms with E-state index < -0.39 is 5.97 Å². The molecule has 4 nitrogen and oxygen atoms in total. The third kappa shape index (κ3) is 2.66. The minimum absolute atomic E-state index is 0.228. The third-order valence-corrected chi connectivity index (χ3v) is 3.05. The van der Waals surface area contributed by atoms with Crippen molar-refractivity contribution in [3.63, 3.8) is 0 Å². The van der Waals surface area contributed by atoms with E-state index in [2.05, 4.69) is 29.2 Å². The van der Waals surface area contributed by atoms with Gasteiger partial charge in [-0.25, -0.2) is 4.79 Å². The summed E-state index contributed by atoms with van der Waals surface area (Å²) in [6, 6.07) is 6.98. The van der Waals surface area contributed by atoms with Crippen molar-refractivity contribution in [1.29, 1.82) is 0 Å². The second-order valence-corrected chi connectivity index (χ2v) is 4.89. The van der Waals surface area contributed by atoms with Gasteiger partial charge in [-0.3, -0.25) is 4.79 Å². The first-order valence-electron chi connectivity index (χ1n) is 5.06. The maximum atomic E-state index is 11.8. The van der Waals surface area contributed by atoms with Crippen molar-refractivity contribution in [2.75, 3.05) is 0 Å². The van der Waals surface area contributed by atoms with Gasteiger partial charge in [-0.05, 0) is 47.2 Å². The summed E-state index contributed by atoms with van der Waals surface area (Å²) in [6.45, 7) is 3.68. The lowest BCUT2D eigenvalue weighted by molar-refractivity contribution is -0.153. The van der Waals surface area contributed by atoms with E-state index in [-0.39, 0.29) is 5.91 Å². The summed E-state index contributed by atoms with van der Waals surface area (Å²) in [7, 11) is 0. The average Bonchev–Trinajstić information content (AvgIpc) is 2.61. The normalized spacial score (nSPS) is 15.2. The van der Waals surface area contributed by atoms with Crippen LogP contribution in [-0.4, -0.2) is 16.9 Å². The van der Waals surface area contributed by atoms with Crippen LogP contribution in [0.3, 0.4) is 0 Å². The van der Waals surface area contributed by atoms with E-state index in [1.165, 1.54) is 0 Å². The zero-order valence-corrected chi connectivity index (χ0v) is 11.1. The molecule has 0 atom stereocenters. The molecule has 1 aromatic rings. The van der Waals surface area contributed by atoms with E-state index >= 15 is 0 Å². The Morgan fingerprint density at radius 2 is 2.18 bits per heavy atom. The van der Waals surface area contributed by atoms with Gasteiger partial charge in [0.25, 0.3) is 5.91 Å². The van der Waals surface area contributed by atoms with E-state index in [1.807, 2.05) is 6.07 Å². The molecule has 0 aromatic heterocycles. The molecule has 17 heavy (non-hydrogen) atoms. The van der Waals surface area contributed by atoms with Gasteiger partial charge in [0.15, 0.2) is 0 Å². The van der Waals surface area contributed by atoms with E-state index in [0.717, 1.165) is 8.63 Å². The Labute approximate surface area is 112 Å². The minimum Gasteiger partial charge on any atom is -0.328 e. The summed E-state index contributed by atoms with van der Waals surface area (Å²) in [5, 5.41) is 0.988. The fourth-order valence-corrected chi connectivity index (χ4v) is 2.04. The van der Waals surface area contributed by atoms with Crippen LogP contribution < -0.4 is 0 Å². The van der Waals surface area contributed by atoms with Crippen molar-refractivity contribution in [1.82, 2.24) is 5.06 Å². The molecular formula is C12H10INO3. The van der Waals surface area contributed by atoms with Gasteiger partial charge in [-0.15, -0.1) is 5.06 Å². The number of amides is 1.